The average molecular weight is 614 g/mol. The van der Waals surface area contributed by atoms with Gasteiger partial charge in [0, 0.05) is 60.7 Å². The summed E-state index contributed by atoms with van der Waals surface area (Å²) in [5, 5.41) is 14.7. The number of piperazine rings is 1. The second-order valence-electron chi connectivity index (χ2n) is 9.18. The molecule has 0 bridgehead atoms. The molecule has 0 radical (unpaired) electrons. The number of rotatable bonds is 11. The number of nitro benzene ring substituents is 1. The van der Waals surface area contributed by atoms with Crippen molar-refractivity contribution in [2.45, 2.75) is 16.7 Å². The summed E-state index contributed by atoms with van der Waals surface area (Å²) in [7, 11) is -4.39. The summed E-state index contributed by atoms with van der Waals surface area (Å²) in [5.74, 6) is -0.226. The fourth-order valence-corrected chi connectivity index (χ4v) is 6.06. The predicted octanol–water partition coefficient (Wildman–Crippen LogP) is 4.20. The second kappa shape index (κ2) is 14.0. The maximum Gasteiger partial charge on any atom is 0.409 e. The first-order valence-corrected chi connectivity index (χ1v) is 15.7. The number of carbonyl (C=O) groups excluding carboxylic acids is 2. The Bertz CT molecular complexity index is 1510. The molecular weight excluding hydrogens is 582 g/mol. The van der Waals surface area contributed by atoms with Gasteiger partial charge in [-0.05, 0) is 55.5 Å². The summed E-state index contributed by atoms with van der Waals surface area (Å²) in [6.07, 6.45) is -0.348. The van der Waals surface area contributed by atoms with Crippen LogP contribution >= 0.6 is 11.8 Å². The third-order valence-electron chi connectivity index (χ3n) is 6.43. The van der Waals surface area contributed by atoms with Crippen LogP contribution in [0.1, 0.15) is 17.3 Å². The number of thioether (sulfide) groups is 1. The molecule has 4 rings (SSSR count). The molecule has 3 aromatic carbocycles. The molecule has 2 N–H and O–H groups in total. The minimum Gasteiger partial charge on any atom is -0.450 e. The van der Waals surface area contributed by atoms with Crippen molar-refractivity contribution >= 4 is 50.8 Å². The smallest absolute Gasteiger partial charge is 0.409 e. The highest BCUT2D eigenvalue weighted by Crippen LogP contribution is 2.28. The summed E-state index contributed by atoms with van der Waals surface area (Å²) in [4.78, 5) is 40.0. The lowest BCUT2D eigenvalue weighted by Crippen LogP contribution is -2.49. The molecule has 1 aliphatic heterocycles. The van der Waals surface area contributed by atoms with Crippen LogP contribution in [0.4, 0.5) is 21.9 Å². The number of sulfonamides is 1. The van der Waals surface area contributed by atoms with Crippen LogP contribution in [0.15, 0.2) is 82.6 Å². The van der Waals surface area contributed by atoms with Gasteiger partial charge < -0.3 is 19.9 Å². The fraction of sp³-hybridized carbons (Fsp3) is 0.286. The molecule has 12 nitrogen and oxygen atoms in total. The molecular formula is C28H31N5O7S2. The van der Waals surface area contributed by atoms with Gasteiger partial charge in [-0.25, -0.2) is 17.9 Å². The highest BCUT2D eigenvalue weighted by atomic mass is 32.2. The Labute approximate surface area is 248 Å². The van der Waals surface area contributed by atoms with Gasteiger partial charge in [-0.2, -0.15) is 0 Å². The fourth-order valence-electron chi connectivity index (χ4n) is 4.28. The van der Waals surface area contributed by atoms with Crippen LogP contribution in [0.25, 0.3) is 0 Å². The summed E-state index contributed by atoms with van der Waals surface area (Å²) < 4.78 is 32.9. The SMILES string of the molecule is CCOC(=O)N1CCN(c2ccc(C(=O)NS(=O)(=O)c3ccc(NCCSc4ccccc4)c([N+](=O)[O-])c3)cc2)CC1. The summed E-state index contributed by atoms with van der Waals surface area (Å²) in [6.45, 7) is 4.62. The van der Waals surface area contributed by atoms with Gasteiger partial charge in [-0.3, -0.25) is 14.9 Å². The van der Waals surface area contributed by atoms with Crippen molar-refractivity contribution in [1.82, 2.24) is 9.62 Å². The van der Waals surface area contributed by atoms with Crippen LogP contribution in [-0.2, 0) is 14.8 Å². The largest absolute Gasteiger partial charge is 0.450 e. The molecule has 0 aliphatic carbocycles. The first-order chi connectivity index (χ1) is 20.2. The van der Waals surface area contributed by atoms with Crippen LogP contribution in [0.2, 0.25) is 0 Å². The Balaban J connectivity index is 1.35. The van der Waals surface area contributed by atoms with E-state index in [1.807, 2.05) is 40.0 Å². The number of hydrogen-bond donors (Lipinski definition) is 2. The number of hydrogen-bond acceptors (Lipinski definition) is 10. The molecule has 222 valence electrons. The minimum atomic E-state index is -4.39. The maximum atomic E-state index is 12.9. The van der Waals surface area contributed by atoms with E-state index in [-0.39, 0.29) is 17.3 Å². The van der Waals surface area contributed by atoms with Crippen molar-refractivity contribution in [3.8, 4) is 0 Å². The number of ether oxygens (including phenoxy) is 1. The topological polar surface area (TPSA) is 151 Å². The van der Waals surface area contributed by atoms with Gasteiger partial charge in [-0.1, -0.05) is 18.2 Å². The molecule has 0 atom stereocenters. The van der Waals surface area contributed by atoms with Crippen molar-refractivity contribution < 1.29 is 27.7 Å². The number of amides is 2. The second-order valence-corrected chi connectivity index (χ2v) is 12.0. The van der Waals surface area contributed by atoms with E-state index in [4.69, 9.17) is 4.74 Å². The van der Waals surface area contributed by atoms with Gasteiger partial charge in [0.1, 0.15) is 5.69 Å². The minimum absolute atomic E-state index is 0.108. The zero-order valence-electron chi connectivity index (χ0n) is 22.9. The van der Waals surface area contributed by atoms with Gasteiger partial charge in [0.05, 0.1) is 16.4 Å². The summed E-state index contributed by atoms with van der Waals surface area (Å²) >= 11 is 1.58. The Kier molecular flexibility index (Phi) is 10.3. The van der Waals surface area contributed by atoms with Crippen molar-refractivity contribution in [3.05, 3.63) is 88.5 Å². The Morgan fingerprint density at radius 3 is 2.33 bits per heavy atom. The number of nitrogens with one attached hydrogen (secondary N) is 2. The average Bonchev–Trinajstić information content (AvgIpc) is 3.00. The van der Waals surface area contributed by atoms with Gasteiger partial charge in [0.25, 0.3) is 21.6 Å². The summed E-state index contributed by atoms with van der Waals surface area (Å²) in [5.41, 5.74) is 0.690. The lowest BCUT2D eigenvalue weighted by atomic mass is 10.1. The van der Waals surface area contributed by atoms with Crippen molar-refractivity contribution in [3.63, 3.8) is 0 Å². The van der Waals surface area contributed by atoms with Crippen molar-refractivity contribution in [2.75, 3.05) is 55.3 Å². The van der Waals surface area contributed by atoms with Crippen LogP contribution in [0, 0.1) is 10.1 Å². The number of nitrogens with zero attached hydrogens (tertiary/aromatic N) is 3. The van der Waals surface area contributed by atoms with E-state index in [2.05, 4.69) is 5.32 Å². The monoisotopic (exact) mass is 613 g/mol. The van der Waals surface area contributed by atoms with E-state index >= 15 is 0 Å². The van der Waals surface area contributed by atoms with E-state index in [0.29, 0.717) is 45.1 Å². The standard InChI is InChI=1S/C28H31N5O7S2/c1-2-40-28(35)32-17-15-31(16-18-32)22-10-8-21(9-11-22)27(34)30-42(38,39)24-12-13-25(26(20-24)33(36)37)29-14-19-41-23-6-4-3-5-7-23/h3-13,20,29H,2,14-19H2,1H3,(H,30,34). The molecule has 1 aliphatic rings. The van der Waals surface area contributed by atoms with E-state index in [1.165, 1.54) is 24.3 Å². The molecule has 1 heterocycles. The predicted molar refractivity (Wildman–Crippen MR) is 161 cm³/mol. The highest BCUT2D eigenvalue weighted by Gasteiger charge is 2.25. The lowest BCUT2D eigenvalue weighted by Gasteiger charge is -2.35. The zero-order valence-corrected chi connectivity index (χ0v) is 24.5. The lowest BCUT2D eigenvalue weighted by molar-refractivity contribution is -0.384. The molecule has 0 unspecified atom stereocenters. The van der Waals surface area contributed by atoms with Crippen molar-refractivity contribution in [2.24, 2.45) is 0 Å². The maximum absolute atomic E-state index is 12.9. The van der Waals surface area contributed by atoms with Crippen LogP contribution in [-0.4, -0.2) is 75.3 Å². The number of anilines is 2. The molecule has 3 aromatic rings. The molecule has 0 aromatic heterocycles. The van der Waals surface area contributed by atoms with Gasteiger partial charge in [-0.15, -0.1) is 11.8 Å². The molecule has 1 fully saturated rings. The molecule has 0 spiro atoms. The molecule has 1 saturated heterocycles. The number of nitro groups is 1. The van der Waals surface area contributed by atoms with E-state index in [9.17, 15) is 28.1 Å². The van der Waals surface area contributed by atoms with E-state index in [1.54, 1.807) is 35.7 Å². The normalized spacial score (nSPS) is 13.4. The molecule has 14 heteroatoms. The molecule has 2 amide bonds. The quantitative estimate of drug-likeness (QED) is 0.139. The molecule has 42 heavy (non-hydrogen) atoms. The number of carbonyl (C=O) groups is 2. The zero-order chi connectivity index (χ0) is 30.1. The van der Waals surface area contributed by atoms with Crippen LogP contribution in [0.5, 0.6) is 0 Å². The number of benzene rings is 3. The van der Waals surface area contributed by atoms with E-state index in [0.717, 1.165) is 16.6 Å². The summed E-state index contributed by atoms with van der Waals surface area (Å²) in [6, 6.07) is 19.6. The van der Waals surface area contributed by atoms with Crippen LogP contribution < -0.4 is 14.9 Å². The van der Waals surface area contributed by atoms with Gasteiger partial charge in [0.15, 0.2) is 0 Å². The highest BCUT2D eigenvalue weighted by molar-refractivity contribution is 7.99. The van der Waals surface area contributed by atoms with Crippen molar-refractivity contribution in [1.29, 1.82) is 0 Å². The Hall–Kier alpha value is -4.30. The molecule has 0 saturated carbocycles. The third-order valence-corrected chi connectivity index (χ3v) is 8.78. The van der Waals surface area contributed by atoms with Gasteiger partial charge in [0.2, 0.25) is 0 Å². The van der Waals surface area contributed by atoms with Crippen LogP contribution in [0.3, 0.4) is 0 Å². The first kappa shape index (κ1) is 30.7. The third kappa shape index (κ3) is 7.91. The van der Waals surface area contributed by atoms with E-state index < -0.39 is 31.4 Å². The first-order valence-electron chi connectivity index (χ1n) is 13.2. The Morgan fingerprint density at radius 2 is 1.69 bits per heavy atom. The van der Waals surface area contributed by atoms with Gasteiger partial charge >= 0.3 is 6.09 Å². The Morgan fingerprint density at radius 1 is 1.00 bits per heavy atom.